The summed E-state index contributed by atoms with van der Waals surface area (Å²) in [6.45, 7) is 0. The second kappa shape index (κ2) is 4.54. The summed E-state index contributed by atoms with van der Waals surface area (Å²) in [5.74, 6) is -3.73. The van der Waals surface area contributed by atoms with Gasteiger partial charge in [-0.3, -0.25) is 4.79 Å². The fourth-order valence-electron chi connectivity index (χ4n) is 1.00. The third-order valence-electron chi connectivity index (χ3n) is 1.66. The molecule has 80 valence electrons. The summed E-state index contributed by atoms with van der Waals surface area (Å²) < 4.78 is 25.4. The minimum atomic E-state index is -1.29. The van der Waals surface area contributed by atoms with Gasteiger partial charge in [0.1, 0.15) is 0 Å². The standard InChI is InChI=1S/C10H9F2NO2/c11-7-4-6(2-1-3-9(13)15)5-8(14)10(7)12/h1-2,4-5,14H,3H2,(H2,13,15). The Morgan fingerprint density at radius 3 is 2.67 bits per heavy atom. The van der Waals surface area contributed by atoms with Gasteiger partial charge in [0.05, 0.1) is 0 Å². The summed E-state index contributed by atoms with van der Waals surface area (Å²) in [5, 5.41) is 8.95. The Labute approximate surface area is 84.8 Å². The lowest BCUT2D eigenvalue weighted by molar-refractivity contribution is -0.117. The van der Waals surface area contributed by atoms with Gasteiger partial charge >= 0.3 is 0 Å². The molecule has 0 heterocycles. The lowest BCUT2D eigenvalue weighted by Crippen LogP contribution is -2.07. The number of halogens is 2. The number of aromatic hydroxyl groups is 1. The van der Waals surface area contributed by atoms with Crippen LogP contribution in [0.4, 0.5) is 8.78 Å². The monoisotopic (exact) mass is 213 g/mol. The topological polar surface area (TPSA) is 63.3 Å². The lowest BCUT2D eigenvalue weighted by Gasteiger charge is -1.99. The van der Waals surface area contributed by atoms with Crippen LogP contribution in [0.2, 0.25) is 0 Å². The molecule has 5 heteroatoms. The molecule has 1 amide bonds. The quantitative estimate of drug-likeness (QED) is 0.800. The van der Waals surface area contributed by atoms with Crippen LogP contribution >= 0.6 is 0 Å². The van der Waals surface area contributed by atoms with Crippen LogP contribution in [0.1, 0.15) is 12.0 Å². The van der Waals surface area contributed by atoms with E-state index in [0.717, 1.165) is 12.1 Å². The number of primary amides is 1. The molecule has 0 aliphatic carbocycles. The number of benzene rings is 1. The number of rotatable bonds is 3. The number of hydrogen-bond acceptors (Lipinski definition) is 2. The van der Waals surface area contributed by atoms with Crippen LogP contribution in [-0.2, 0) is 4.79 Å². The minimum Gasteiger partial charge on any atom is -0.505 e. The third kappa shape index (κ3) is 3.05. The first-order valence-corrected chi connectivity index (χ1v) is 4.13. The maximum atomic E-state index is 12.8. The van der Waals surface area contributed by atoms with Crippen molar-refractivity contribution in [2.75, 3.05) is 0 Å². The van der Waals surface area contributed by atoms with Crippen LogP contribution in [0.5, 0.6) is 5.75 Å². The van der Waals surface area contributed by atoms with Crippen LogP contribution in [0, 0.1) is 11.6 Å². The molecular formula is C10H9F2NO2. The Morgan fingerprint density at radius 2 is 2.13 bits per heavy atom. The van der Waals surface area contributed by atoms with Crippen molar-refractivity contribution in [3.8, 4) is 5.75 Å². The van der Waals surface area contributed by atoms with Crippen LogP contribution in [0.15, 0.2) is 18.2 Å². The van der Waals surface area contributed by atoms with Gasteiger partial charge < -0.3 is 10.8 Å². The third-order valence-corrected chi connectivity index (χ3v) is 1.66. The highest BCUT2D eigenvalue weighted by atomic mass is 19.2. The zero-order valence-corrected chi connectivity index (χ0v) is 7.71. The van der Waals surface area contributed by atoms with E-state index in [1.165, 1.54) is 12.2 Å². The van der Waals surface area contributed by atoms with Crippen LogP contribution < -0.4 is 5.73 Å². The minimum absolute atomic E-state index is 0.000241. The average molecular weight is 213 g/mol. The number of carbonyl (C=O) groups is 1. The molecule has 0 saturated carbocycles. The zero-order valence-electron chi connectivity index (χ0n) is 7.71. The number of phenols is 1. The SMILES string of the molecule is NC(=O)CC=Cc1cc(O)c(F)c(F)c1. The maximum absolute atomic E-state index is 12.8. The van der Waals surface area contributed by atoms with E-state index in [4.69, 9.17) is 10.8 Å². The molecule has 0 spiro atoms. The number of carbonyl (C=O) groups excluding carboxylic acids is 1. The van der Waals surface area contributed by atoms with Crippen molar-refractivity contribution < 1.29 is 18.7 Å². The van der Waals surface area contributed by atoms with Crippen molar-refractivity contribution in [2.45, 2.75) is 6.42 Å². The summed E-state index contributed by atoms with van der Waals surface area (Å²) in [6, 6.07) is 1.96. The van der Waals surface area contributed by atoms with E-state index in [9.17, 15) is 13.6 Å². The summed E-state index contributed by atoms with van der Waals surface area (Å²) in [7, 11) is 0. The van der Waals surface area contributed by atoms with Gasteiger partial charge in [-0.05, 0) is 17.7 Å². The van der Waals surface area contributed by atoms with Crippen molar-refractivity contribution in [1.82, 2.24) is 0 Å². The molecule has 0 saturated heterocycles. The van der Waals surface area contributed by atoms with Gasteiger partial charge in [-0.1, -0.05) is 12.2 Å². The first-order valence-electron chi connectivity index (χ1n) is 4.13. The van der Waals surface area contributed by atoms with Crippen molar-refractivity contribution in [3.05, 3.63) is 35.4 Å². The molecule has 1 aromatic rings. The Hall–Kier alpha value is -1.91. The van der Waals surface area contributed by atoms with E-state index in [0.29, 0.717) is 0 Å². The number of phenolic OH excluding ortho intramolecular Hbond substituents is 1. The number of amides is 1. The molecule has 1 rings (SSSR count). The summed E-state index contributed by atoms with van der Waals surface area (Å²) in [6.07, 6.45) is 2.77. The maximum Gasteiger partial charge on any atom is 0.221 e. The van der Waals surface area contributed by atoms with Gasteiger partial charge in [-0.15, -0.1) is 0 Å². The Morgan fingerprint density at radius 1 is 1.47 bits per heavy atom. The first-order chi connectivity index (χ1) is 7.00. The highest BCUT2D eigenvalue weighted by Crippen LogP contribution is 2.21. The molecule has 0 atom stereocenters. The molecule has 0 aliphatic heterocycles. The highest BCUT2D eigenvalue weighted by molar-refractivity contribution is 5.76. The van der Waals surface area contributed by atoms with Crippen LogP contribution in [-0.4, -0.2) is 11.0 Å². The predicted octanol–water partition coefficient (Wildman–Crippen LogP) is 1.56. The smallest absolute Gasteiger partial charge is 0.221 e. The van der Waals surface area contributed by atoms with E-state index in [1.54, 1.807) is 0 Å². The normalized spacial score (nSPS) is 10.8. The molecule has 0 aliphatic rings. The Balaban J connectivity index is 2.87. The molecule has 0 aromatic heterocycles. The lowest BCUT2D eigenvalue weighted by atomic mass is 10.1. The molecule has 0 bridgehead atoms. The van der Waals surface area contributed by atoms with Gasteiger partial charge in [-0.2, -0.15) is 4.39 Å². The van der Waals surface area contributed by atoms with Gasteiger partial charge in [0.2, 0.25) is 5.91 Å². The van der Waals surface area contributed by atoms with Gasteiger partial charge in [-0.25, -0.2) is 4.39 Å². The summed E-state index contributed by atoms with van der Waals surface area (Å²) in [4.78, 5) is 10.4. The van der Waals surface area contributed by atoms with Crippen molar-refractivity contribution in [2.24, 2.45) is 5.73 Å². The summed E-state index contributed by atoms with van der Waals surface area (Å²) in [5.41, 5.74) is 5.12. The molecule has 0 radical (unpaired) electrons. The Kier molecular flexibility index (Phi) is 3.38. The number of nitrogens with two attached hydrogens (primary N) is 1. The number of hydrogen-bond donors (Lipinski definition) is 2. The van der Waals surface area contributed by atoms with Gasteiger partial charge in [0, 0.05) is 6.42 Å². The Bertz CT molecular complexity index is 393. The second-order valence-corrected chi connectivity index (χ2v) is 2.91. The van der Waals surface area contributed by atoms with E-state index in [1.807, 2.05) is 0 Å². The van der Waals surface area contributed by atoms with E-state index in [2.05, 4.69) is 0 Å². The van der Waals surface area contributed by atoms with E-state index < -0.39 is 23.3 Å². The molecule has 0 unspecified atom stereocenters. The van der Waals surface area contributed by atoms with Gasteiger partial charge in [0.15, 0.2) is 17.4 Å². The van der Waals surface area contributed by atoms with Crippen molar-refractivity contribution in [3.63, 3.8) is 0 Å². The van der Waals surface area contributed by atoms with E-state index >= 15 is 0 Å². The second-order valence-electron chi connectivity index (χ2n) is 2.91. The molecule has 3 N–H and O–H groups in total. The van der Waals surface area contributed by atoms with Crippen molar-refractivity contribution >= 4 is 12.0 Å². The van der Waals surface area contributed by atoms with Crippen LogP contribution in [0.3, 0.4) is 0 Å². The highest BCUT2D eigenvalue weighted by Gasteiger charge is 2.07. The largest absolute Gasteiger partial charge is 0.505 e. The first kappa shape index (κ1) is 11.2. The predicted molar refractivity (Wildman–Crippen MR) is 50.9 cm³/mol. The summed E-state index contributed by atoms with van der Waals surface area (Å²) >= 11 is 0. The molecule has 3 nitrogen and oxygen atoms in total. The fourth-order valence-corrected chi connectivity index (χ4v) is 1.00. The van der Waals surface area contributed by atoms with E-state index in [-0.39, 0.29) is 12.0 Å². The molecular weight excluding hydrogens is 204 g/mol. The average Bonchev–Trinajstić information content (AvgIpc) is 2.13. The molecule has 15 heavy (non-hydrogen) atoms. The zero-order chi connectivity index (χ0) is 11.4. The van der Waals surface area contributed by atoms with Crippen molar-refractivity contribution in [1.29, 1.82) is 0 Å². The molecule has 1 aromatic carbocycles. The van der Waals surface area contributed by atoms with Crippen LogP contribution in [0.25, 0.3) is 6.08 Å². The fraction of sp³-hybridized carbons (Fsp3) is 0.100. The van der Waals surface area contributed by atoms with Gasteiger partial charge in [0.25, 0.3) is 0 Å². The molecule has 0 fully saturated rings.